The first-order valence-electron chi connectivity index (χ1n) is 22.2. The second-order valence-corrected chi connectivity index (χ2v) is 16.9. The molecule has 11 rings (SSSR count). The molecule has 0 spiro atoms. The van der Waals surface area contributed by atoms with E-state index < -0.39 is 0 Å². The Kier molecular flexibility index (Phi) is 10.2. The van der Waals surface area contributed by atoms with E-state index in [0.29, 0.717) is 5.82 Å². The maximum absolute atomic E-state index is 5.03. The summed E-state index contributed by atoms with van der Waals surface area (Å²) in [4.78, 5) is 12.4. The second kappa shape index (κ2) is 16.7. The monoisotopic (exact) mass is 834 g/mol. The Labute approximate surface area is 380 Å². The molecule has 0 aliphatic carbocycles. The Hall–Kier alpha value is -8.34. The average molecular weight is 835 g/mol. The summed E-state index contributed by atoms with van der Waals surface area (Å²) >= 11 is 0. The van der Waals surface area contributed by atoms with Gasteiger partial charge in [-0.2, -0.15) is 0 Å². The van der Waals surface area contributed by atoms with Crippen molar-refractivity contribution in [3.8, 4) is 61.8 Å². The molecule has 4 nitrogen and oxygen atoms in total. The highest BCUT2D eigenvalue weighted by Gasteiger charge is 2.18. The standard InChI is InChI=1S/C61H46N4/c1-41-18-29-50(30-19-41)64(51-31-20-42(2)21-32-51)53-35-37-60-56(39-53)55-16-10-11-17-59(55)65(60)52-33-26-45(27-34-52)54-36-28-49(38-43(54)3)44-22-24-47(25-23-44)58-40-57(46-12-6-4-7-13-46)62-61(63-58)48-14-8-5-9-15-48/h4-40H,1-3H3. The highest BCUT2D eigenvalue weighted by atomic mass is 15.1. The van der Waals surface area contributed by atoms with Crippen LogP contribution in [0, 0.1) is 20.8 Å². The molecule has 0 saturated carbocycles. The van der Waals surface area contributed by atoms with Gasteiger partial charge in [-0.05, 0) is 115 Å². The fourth-order valence-corrected chi connectivity index (χ4v) is 9.07. The predicted molar refractivity (Wildman–Crippen MR) is 272 cm³/mol. The molecule has 11 aromatic rings. The third-order valence-corrected chi connectivity index (χ3v) is 12.5. The van der Waals surface area contributed by atoms with Crippen molar-refractivity contribution in [2.45, 2.75) is 20.8 Å². The largest absolute Gasteiger partial charge is 0.310 e. The summed E-state index contributed by atoms with van der Waals surface area (Å²) in [7, 11) is 0. The first-order valence-corrected chi connectivity index (χ1v) is 22.2. The zero-order chi connectivity index (χ0) is 43.9. The van der Waals surface area contributed by atoms with Crippen molar-refractivity contribution in [1.29, 1.82) is 0 Å². The summed E-state index contributed by atoms with van der Waals surface area (Å²) in [5.74, 6) is 0.717. The summed E-state index contributed by atoms with van der Waals surface area (Å²) in [6, 6.07) is 80.4. The topological polar surface area (TPSA) is 34.0 Å². The lowest BCUT2D eigenvalue weighted by Crippen LogP contribution is -2.09. The summed E-state index contributed by atoms with van der Waals surface area (Å²) in [5, 5.41) is 2.45. The van der Waals surface area contributed by atoms with Crippen molar-refractivity contribution in [3.63, 3.8) is 0 Å². The van der Waals surface area contributed by atoms with Crippen LogP contribution >= 0.6 is 0 Å². The summed E-state index contributed by atoms with van der Waals surface area (Å²) in [5.41, 5.74) is 20.3. The van der Waals surface area contributed by atoms with Gasteiger partial charge in [0.1, 0.15) is 0 Å². The lowest BCUT2D eigenvalue weighted by atomic mass is 9.95. The lowest BCUT2D eigenvalue weighted by Gasteiger charge is -2.26. The van der Waals surface area contributed by atoms with Crippen LogP contribution in [0.2, 0.25) is 0 Å². The fraction of sp³-hybridized carbons (Fsp3) is 0.0492. The van der Waals surface area contributed by atoms with Crippen LogP contribution in [0.3, 0.4) is 0 Å². The van der Waals surface area contributed by atoms with Crippen molar-refractivity contribution >= 4 is 38.9 Å². The Morgan fingerprint density at radius 2 is 0.862 bits per heavy atom. The third kappa shape index (κ3) is 7.66. The minimum Gasteiger partial charge on any atom is -0.310 e. The van der Waals surface area contributed by atoms with Crippen molar-refractivity contribution in [2.75, 3.05) is 4.90 Å². The summed E-state index contributed by atoms with van der Waals surface area (Å²) in [6.45, 7) is 6.48. The Morgan fingerprint density at radius 1 is 0.354 bits per heavy atom. The van der Waals surface area contributed by atoms with E-state index in [1.165, 1.54) is 55.2 Å². The second-order valence-electron chi connectivity index (χ2n) is 16.9. The molecule has 0 amide bonds. The molecular weight excluding hydrogens is 789 g/mol. The predicted octanol–water partition coefficient (Wildman–Crippen LogP) is 16.3. The zero-order valence-electron chi connectivity index (χ0n) is 36.7. The van der Waals surface area contributed by atoms with Crippen LogP contribution in [-0.2, 0) is 0 Å². The van der Waals surface area contributed by atoms with Crippen molar-refractivity contribution in [1.82, 2.24) is 14.5 Å². The van der Waals surface area contributed by atoms with E-state index in [2.05, 4.69) is 218 Å². The van der Waals surface area contributed by atoms with E-state index in [1.807, 2.05) is 36.4 Å². The van der Waals surface area contributed by atoms with Gasteiger partial charge in [0.05, 0.1) is 22.4 Å². The highest BCUT2D eigenvalue weighted by Crippen LogP contribution is 2.40. The lowest BCUT2D eigenvalue weighted by molar-refractivity contribution is 1.18. The van der Waals surface area contributed by atoms with Crippen LogP contribution in [0.1, 0.15) is 16.7 Å². The molecule has 0 radical (unpaired) electrons. The van der Waals surface area contributed by atoms with Gasteiger partial charge < -0.3 is 9.47 Å². The maximum Gasteiger partial charge on any atom is 0.160 e. The van der Waals surface area contributed by atoms with E-state index in [1.54, 1.807) is 0 Å². The van der Waals surface area contributed by atoms with Gasteiger partial charge >= 0.3 is 0 Å². The fourth-order valence-electron chi connectivity index (χ4n) is 9.07. The molecular formula is C61H46N4. The molecule has 9 aromatic carbocycles. The first-order chi connectivity index (χ1) is 31.9. The number of fused-ring (bicyclic) bond motifs is 3. The molecule has 2 aromatic heterocycles. The highest BCUT2D eigenvalue weighted by molar-refractivity contribution is 6.10. The molecule has 0 aliphatic heterocycles. The van der Waals surface area contributed by atoms with E-state index in [-0.39, 0.29) is 0 Å². The minimum atomic E-state index is 0.717. The molecule has 0 bridgehead atoms. The Morgan fingerprint density at radius 3 is 1.49 bits per heavy atom. The van der Waals surface area contributed by atoms with Crippen LogP contribution in [0.5, 0.6) is 0 Å². The van der Waals surface area contributed by atoms with Gasteiger partial charge in [0.25, 0.3) is 0 Å². The number of hydrogen-bond acceptors (Lipinski definition) is 3. The quantitative estimate of drug-likeness (QED) is 0.145. The molecule has 0 unspecified atom stereocenters. The number of anilines is 3. The van der Waals surface area contributed by atoms with E-state index in [4.69, 9.17) is 9.97 Å². The van der Waals surface area contributed by atoms with Crippen molar-refractivity contribution in [2.24, 2.45) is 0 Å². The molecule has 0 fully saturated rings. The van der Waals surface area contributed by atoms with Crippen LogP contribution in [0.25, 0.3) is 83.6 Å². The van der Waals surface area contributed by atoms with Crippen LogP contribution in [0.4, 0.5) is 17.1 Å². The number of para-hydroxylation sites is 1. The maximum atomic E-state index is 5.03. The van der Waals surface area contributed by atoms with Gasteiger partial charge in [0.15, 0.2) is 5.82 Å². The van der Waals surface area contributed by atoms with Crippen LogP contribution in [0.15, 0.2) is 224 Å². The molecule has 2 heterocycles. The van der Waals surface area contributed by atoms with Gasteiger partial charge in [-0.1, -0.05) is 169 Å². The number of aryl methyl sites for hydroxylation is 3. The van der Waals surface area contributed by atoms with Crippen LogP contribution < -0.4 is 4.90 Å². The SMILES string of the molecule is Cc1ccc(N(c2ccc(C)cc2)c2ccc3c(c2)c2ccccc2n3-c2ccc(-c3ccc(-c4ccc(-c5cc(-c6ccccc6)nc(-c6ccccc6)n5)cc4)cc3C)cc2)cc1. The first kappa shape index (κ1) is 39.5. The molecule has 310 valence electrons. The molecule has 65 heavy (non-hydrogen) atoms. The third-order valence-electron chi connectivity index (χ3n) is 12.5. The minimum absolute atomic E-state index is 0.717. The molecule has 0 atom stereocenters. The van der Waals surface area contributed by atoms with Gasteiger partial charge in [-0.15, -0.1) is 0 Å². The number of nitrogens with zero attached hydrogens (tertiary/aromatic N) is 4. The van der Waals surface area contributed by atoms with Crippen molar-refractivity contribution in [3.05, 3.63) is 241 Å². The van der Waals surface area contributed by atoms with Gasteiger partial charge in [-0.3, -0.25) is 0 Å². The van der Waals surface area contributed by atoms with Crippen LogP contribution in [-0.4, -0.2) is 14.5 Å². The number of aromatic nitrogens is 3. The van der Waals surface area contributed by atoms with Gasteiger partial charge in [0, 0.05) is 50.2 Å². The zero-order valence-corrected chi connectivity index (χ0v) is 36.7. The molecule has 0 aliphatic rings. The normalized spacial score (nSPS) is 11.3. The molecule has 4 heteroatoms. The smallest absolute Gasteiger partial charge is 0.160 e. The van der Waals surface area contributed by atoms with Crippen molar-refractivity contribution < 1.29 is 0 Å². The van der Waals surface area contributed by atoms with E-state index in [9.17, 15) is 0 Å². The Balaban J connectivity index is 0.888. The summed E-state index contributed by atoms with van der Waals surface area (Å²) < 4.78 is 2.40. The number of hydrogen-bond donors (Lipinski definition) is 0. The van der Waals surface area contributed by atoms with Gasteiger partial charge in [0.2, 0.25) is 0 Å². The number of benzene rings is 9. The molecule has 0 saturated heterocycles. The van der Waals surface area contributed by atoms with Gasteiger partial charge in [-0.25, -0.2) is 9.97 Å². The Bertz CT molecular complexity index is 3360. The number of rotatable bonds is 9. The van der Waals surface area contributed by atoms with E-state index in [0.717, 1.165) is 56.4 Å². The summed E-state index contributed by atoms with van der Waals surface area (Å²) in [6.07, 6.45) is 0. The molecule has 0 N–H and O–H groups in total. The average Bonchev–Trinajstić information content (AvgIpc) is 3.69. The van der Waals surface area contributed by atoms with E-state index >= 15 is 0 Å².